The molecule has 0 saturated carbocycles. The van der Waals surface area contributed by atoms with Crippen LogP contribution in [0.1, 0.15) is 27.6 Å². The van der Waals surface area contributed by atoms with E-state index >= 15 is 0 Å². The fourth-order valence-electron chi connectivity index (χ4n) is 1.77. The number of nitrogens with one attached hydrogen (secondary N) is 1. The Bertz CT molecular complexity index is 809. The number of Topliss-reactive ketones (excluding diaryl/α,β-unsaturated/α-hetero) is 1. The average molecular weight is 325 g/mol. The third-order valence-electron chi connectivity index (χ3n) is 2.71. The minimum Gasteiger partial charge on any atom is -0.456 e. The Hall–Kier alpha value is -3.02. The highest BCUT2D eigenvalue weighted by atomic mass is 19.4. The summed E-state index contributed by atoms with van der Waals surface area (Å²) in [4.78, 5) is 12.1. The van der Waals surface area contributed by atoms with Crippen molar-refractivity contribution >= 4 is 11.6 Å². The Morgan fingerprint density at radius 3 is 2.57 bits per heavy atom. The van der Waals surface area contributed by atoms with E-state index < -0.39 is 28.9 Å². The number of halogens is 3. The van der Waals surface area contributed by atoms with Gasteiger partial charge in [0.05, 0.1) is 5.56 Å². The van der Waals surface area contributed by atoms with E-state index in [0.29, 0.717) is 5.76 Å². The molecule has 0 bridgehead atoms. The van der Waals surface area contributed by atoms with Crippen molar-refractivity contribution in [2.75, 3.05) is 5.32 Å². The van der Waals surface area contributed by atoms with E-state index in [2.05, 4.69) is 14.9 Å². The molecule has 23 heavy (non-hydrogen) atoms. The van der Waals surface area contributed by atoms with E-state index in [1.54, 1.807) is 13.0 Å². The number of aromatic nitrogens is 1. The summed E-state index contributed by atoms with van der Waals surface area (Å²) >= 11 is 0. The lowest BCUT2D eigenvalue weighted by Gasteiger charge is -2.05. The van der Waals surface area contributed by atoms with Gasteiger partial charge in [0.1, 0.15) is 23.2 Å². The van der Waals surface area contributed by atoms with Crippen molar-refractivity contribution in [3.05, 3.63) is 46.7 Å². The molecule has 2 rings (SSSR count). The number of carbonyl (C=O) groups is 1. The molecule has 0 aliphatic carbocycles. The third kappa shape index (κ3) is 3.60. The first-order valence-electron chi connectivity index (χ1n) is 6.25. The van der Waals surface area contributed by atoms with Crippen molar-refractivity contribution in [1.29, 1.82) is 5.26 Å². The van der Waals surface area contributed by atoms with Gasteiger partial charge in [-0.3, -0.25) is 4.79 Å². The Kier molecular flexibility index (Phi) is 4.27. The number of ketones is 1. The van der Waals surface area contributed by atoms with E-state index in [0.717, 1.165) is 12.3 Å². The van der Waals surface area contributed by atoms with E-state index in [-0.39, 0.29) is 11.6 Å². The topological polar surface area (TPSA) is 92.1 Å². The molecule has 0 amide bonds. The van der Waals surface area contributed by atoms with E-state index in [9.17, 15) is 18.0 Å². The fraction of sp³-hybridized carbons (Fsp3) is 0.214. The molecule has 0 aromatic carbocycles. The molecule has 0 atom stereocenters. The highest BCUT2D eigenvalue weighted by Gasteiger charge is 2.40. The lowest BCUT2D eigenvalue weighted by molar-refractivity contribution is -0.153. The maximum Gasteiger partial charge on any atom is 0.450 e. The fourth-order valence-corrected chi connectivity index (χ4v) is 1.77. The predicted molar refractivity (Wildman–Crippen MR) is 71.3 cm³/mol. The van der Waals surface area contributed by atoms with Crippen LogP contribution in [0.4, 0.5) is 19.0 Å². The molecule has 9 heteroatoms. The summed E-state index contributed by atoms with van der Waals surface area (Å²) in [6, 6.07) is 3.97. The van der Waals surface area contributed by atoms with E-state index in [1.165, 1.54) is 13.0 Å². The molecule has 0 aliphatic rings. The first-order valence-corrected chi connectivity index (χ1v) is 6.25. The molecule has 6 nitrogen and oxygen atoms in total. The molecule has 0 radical (unpaired) electrons. The van der Waals surface area contributed by atoms with Crippen molar-refractivity contribution < 1.29 is 26.9 Å². The minimum atomic E-state index is -4.84. The van der Waals surface area contributed by atoms with Crippen LogP contribution < -0.4 is 5.32 Å². The summed E-state index contributed by atoms with van der Waals surface area (Å²) in [5, 5.41) is 15.1. The maximum atomic E-state index is 12.9. The Morgan fingerprint density at radius 2 is 2.04 bits per heavy atom. The SMILES string of the molecule is Cc1cc(NC=C(C#N)C(=O)c2cc(C)oc2C(F)(F)F)no1. The van der Waals surface area contributed by atoms with E-state index in [1.807, 2.05) is 0 Å². The highest BCUT2D eigenvalue weighted by molar-refractivity contribution is 6.12. The quantitative estimate of drug-likeness (QED) is 0.524. The van der Waals surface area contributed by atoms with E-state index in [4.69, 9.17) is 9.78 Å². The zero-order valence-corrected chi connectivity index (χ0v) is 12.0. The lowest BCUT2D eigenvalue weighted by atomic mass is 10.1. The van der Waals surface area contributed by atoms with Crippen LogP contribution in [-0.4, -0.2) is 10.9 Å². The molecule has 120 valence electrons. The van der Waals surface area contributed by atoms with Crippen LogP contribution in [0.25, 0.3) is 0 Å². The summed E-state index contributed by atoms with van der Waals surface area (Å²) in [5.41, 5.74) is -1.25. The molecule has 2 heterocycles. The predicted octanol–water partition coefficient (Wildman–Crippen LogP) is 3.61. The van der Waals surface area contributed by atoms with Gasteiger partial charge in [-0.15, -0.1) is 0 Å². The van der Waals surface area contributed by atoms with Gasteiger partial charge < -0.3 is 14.3 Å². The third-order valence-corrected chi connectivity index (χ3v) is 2.71. The second-order valence-corrected chi connectivity index (χ2v) is 4.56. The maximum absolute atomic E-state index is 12.9. The summed E-state index contributed by atoms with van der Waals surface area (Å²) in [7, 11) is 0. The van der Waals surface area contributed by atoms with Crippen molar-refractivity contribution in [3.63, 3.8) is 0 Å². The Labute approximate surface area is 128 Å². The highest BCUT2D eigenvalue weighted by Crippen LogP contribution is 2.35. The number of carbonyl (C=O) groups excluding carboxylic acids is 1. The lowest BCUT2D eigenvalue weighted by Crippen LogP contribution is -2.12. The minimum absolute atomic E-state index is 0.0851. The van der Waals surface area contributed by atoms with Gasteiger partial charge in [0.15, 0.2) is 5.82 Å². The molecule has 0 fully saturated rings. The average Bonchev–Trinajstić information content (AvgIpc) is 3.05. The van der Waals surface area contributed by atoms with Crippen LogP contribution in [-0.2, 0) is 6.18 Å². The first-order chi connectivity index (χ1) is 10.7. The number of anilines is 1. The van der Waals surface area contributed by atoms with Crippen molar-refractivity contribution in [3.8, 4) is 6.07 Å². The van der Waals surface area contributed by atoms with Gasteiger partial charge in [0.2, 0.25) is 11.5 Å². The van der Waals surface area contributed by atoms with Crippen molar-refractivity contribution in [1.82, 2.24) is 5.16 Å². The van der Waals surface area contributed by atoms with Gasteiger partial charge >= 0.3 is 6.18 Å². The van der Waals surface area contributed by atoms with Gasteiger partial charge in [0, 0.05) is 12.3 Å². The number of nitrogens with zero attached hydrogens (tertiary/aromatic N) is 2. The number of nitriles is 1. The molecular formula is C14H10F3N3O3. The second-order valence-electron chi connectivity index (χ2n) is 4.56. The molecule has 0 unspecified atom stereocenters. The van der Waals surface area contributed by atoms with Gasteiger partial charge in [-0.2, -0.15) is 18.4 Å². The summed E-state index contributed by atoms with van der Waals surface area (Å²) in [6.07, 6.45) is -3.88. The molecule has 0 saturated heterocycles. The first kappa shape index (κ1) is 16.4. The number of allylic oxidation sites excluding steroid dienone is 1. The Morgan fingerprint density at radius 1 is 1.35 bits per heavy atom. The van der Waals surface area contributed by atoms with Crippen molar-refractivity contribution in [2.45, 2.75) is 20.0 Å². The normalized spacial score (nSPS) is 12.1. The summed E-state index contributed by atoms with van der Waals surface area (Å²) in [5.74, 6) is -1.93. The van der Waals surface area contributed by atoms with Crippen molar-refractivity contribution in [2.24, 2.45) is 0 Å². The number of aryl methyl sites for hydroxylation is 2. The molecular weight excluding hydrogens is 315 g/mol. The second kappa shape index (κ2) is 6.00. The van der Waals surface area contributed by atoms with Crippen LogP contribution in [0.5, 0.6) is 0 Å². The molecule has 2 aromatic rings. The van der Waals surface area contributed by atoms with Gasteiger partial charge in [-0.05, 0) is 19.9 Å². The Balaban J connectivity index is 2.32. The van der Waals surface area contributed by atoms with Gasteiger partial charge in [-0.1, -0.05) is 5.16 Å². The number of rotatable bonds is 4. The number of hydrogen-bond acceptors (Lipinski definition) is 6. The largest absolute Gasteiger partial charge is 0.456 e. The van der Waals surface area contributed by atoms with Gasteiger partial charge in [0.25, 0.3) is 0 Å². The number of hydrogen-bond donors (Lipinski definition) is 1. The molecule has 0 spiro atoms. The summed E-state index contributed by atoms with van der Waals surface area (Å²) in [6.45, 7) is 2.90. The molecule has 1 N–H and O–H groups in total. The smallest absolute Gasteiger partial charge is 0.450 e. The van der Waals surface area contributed by atoms with Crippen LogP contribution in [0, 0.1) is 25.2 Å². The number of furan rings is 1. The van der Waals surface area contributed by atoms with Crippen LogP contribution in [0.2, 0.25) is 0 Å². The number of alkyl halides is 3. The van der Waals surface area contributed by atoms with Gasteiger partial charge in [-0.25, -0.2) is 0 Å². The van der Waals surface area contributed by atoms with Crippen LogP contribution >= 0.6 is 0 Å². The molecule has 2 aromatic heterocycles. The zero-order valence-electron chi connectivity index (χ0n) is 12.0. The summed E-state index contributed by atoms with van der Waals surface area (Å²) < 4.78 is 47.9. The standard InChI is InChI=1S/C14H10F3N3O3/c1-7-3-10(13(22-7)14(15,16)17)12(21)9(5-18)6-19-11-4-8(2)23-20-11/h3-4,6H,1-2H3,(H,19,20). The molecule has 0 aliphatic heterocycles. The zero-order chi connectivity index (χ0) is 17.2. The monoisotopic (exact) mass is 325 g/mol. The van der Waals surface area contributed by atoms with Crippen LogP contribution in [0.15, 0.2) is 32.8 Å². The van der Waals surface area contributed by atoms with Crippen LogP contribution in [0.3, 0.4) is 0 Å².